The van der Waals surface area contributed by atoms with E-state index >= 15 is 0 Å². The molecular formula is C16H15F3N2O4S. The Morgan fingerprint density at radius 3 is 2.31 bits per heavy atom. The lowest BCUT2D eigenvalue weighted by molar-refractivity contribution is -0.139. The molecule has 0 radical (unpaired) electrons. The predicted molar refractivity (Wildman–Crippen MR) is 85.3 cm³/mol. The van der Waals surface area contributed by atoms with Crippen LogP contribution in [0.1, 0.15) is 22.4 Å². The fraction of sp³-hybridized carbons (Fsp3) is 0.312. The molecule has 0 aliphatic carbocycles. The number of rotatable bonds is 6. The summed E-state index contributed by atoms with van der Waals surface area (Å²) in [4.78, 5) is 17.8. The summed E-state index contributed by atoms with van der Waals surface area (Å²) in [7, 11) is -3.86. The molecule has 0 aliphatic heterocycles. The van der Waals surface area contributed by atoms with Crippen LogP contribution < -0.4 is 0 Å². The summed E-state index contributed by atoms with van der Waals surface area (Å²) in [6.07, 6.45) is -3.86. The van der Waals surface area contributed by atoms with E-state index in [1.54, 1.807) is 24.3 Å². The van der Waals surface area contributed by atoms with Crippen molar-refractivity contribution in [1.82, 2.24) is 9.97 Å². The third-order valence-electron chi connectivity index (χ3n) is 3.57. The number of aliphatic carboxylic acids is 1. The summed E-state index contributed by atoms with van der Waals surface area (Å²) >= 11 is 0. The van der Waals surface area contributed by atoms with Gasteiger partial charge in [0.05, 0.1) is 17.7 Å². The number of nitrogens with zero attached hydrogens (tertiary/aromatic N) is 2. The molecule has 10 heteroatoms. The van der Waals surface area contributed by atoms with Gasteiger partial charge in [-0.25, -0.2) is 18.4 Å². The molecule has 1 aromatic carbocycles. The minimum atomic E-state index is -4.73. The van der Waals surface area contributed by atoms with Crippen molar-refractivity contribution in [2.75, 3.05) is 6.26 Å². The molecule has 0 spiro atoms. The highest BCUT2D eigenvalue weighted by Gasteiger charge is 2.35. The molecule has 0 saturated carbocycles. The summed E-state index contributed by atoms with van der Waals surface area (Å²) < 4.78 is 62.5. The molecule has 26 heavy (non-hydrogen) atoms. The van der Waals surface area contributed by atoms with Crippen molar-refractivity contribution in [3.63, 3.8) is 0 Å². The Morgan fingerprint density at radius 1 is 1.15 bits per heavy atom. The number of halogens is 3. The highest BCUT2D eigenvalue weighted by molar-refractivity contribution is 7.90. The van der Waals surface area contributed by atoms with Crippen molar-refractivity contribution in [2.24, 2.45) is 0 Å². The fourth-order valence-corrected chi connectivity index (χ4v) is 2.91. The topological polar surface area (TPSA) is 97.2 Å². The van der Waals surface area contributed by atoms with Crippen LogP contribution >= 0.6 is 0 Å². The molecule has 0 fully saturated rings. The Labute approximate surface area is 147 Å². The van der Waals surface area contributed by atoms with Crippen LogP contribution in [-0.4, -0.2) is 35.7 Å². The van der Waals surface area contributed by atoms with Gasteiger partial charge >= 0.3 is 12.1 Å². The number of carboxylic acids is 1. The van der Waals surface area contributed by atoms with Crippen molar-refractivity contribution in [1.29, 1.82) is 0 Å². The number of aromatic nitrogens is 2. The maximum Gasteiger partial charge on any atom is 0.419 e. The van der Waals surface area contributed by atoms with Crippen LogP contribution in [-0.2, 0) is 40.1 Å². The zero-order valence-corrected chi connectivity index (χ0v) is 14.4. The first kappa shape index (κ1) is 19.8. The molecule has 140 valence electrons. The van der Waals surface area contributed by atoms with E-state index in [9.17, 15) is 26.4 Å². The van der Waals surface area contributed by atoms with Gasteiger partial charge in [-0.1, -0.05) is 24.3 Å². The van der Waals surface area contributed by atoms with E-state index in [1.165, 1.54) is 0 Å². The molecule has 1 N–H and O–H groups in total. The van der Waals surface area contributed by atoms with Gasteiger partial charge in [0.1, 0.15) is 0 Å². The fourth-order valence-electron chi connectivity index (χ4n) is 2.39. The Kier molecular flexibility index (Phi) is 5.65. The molecular weight excluding hydrogens is 373 g/mol. The van der Waals surface area contributed by atoms with Crippen LogP contribution in [0.15, 0.2) is 35.6 Å². The lowest BCUT2D eigenvalue weighted by Gasteiger charge is -2.13. The van der Waals surface area contributed by atoms with Gasteiger partial charge in [0, 0.05) is 12.5 Å². The van der Waals surface area contributed by atoms with Gasteiger partial charge in [-0.2, -0.15) is 13.2 Å². The van der Waals surface area contributed by atoms with E-state index in [1.807, 2.05) is 0 Å². The SMILES string of the molecule is CS(=O)(=O)c1ncc(C(F)(F)F)c(CCc2ccccc2CC(=O)O)n1. The predicted octanol–water partition coefficient (Wildman–Crippen LogP) is 2.31. The number of alkyl halides is 3. The van der Waals surface area contributed by atoms with Gasteiger partial charge in [0.15, 0.2) is 0 Å². The maximum absolute atomic E-state index is 13.1. The molecule has 1 aromatic heterocycles. The smallest absolute Gasteiger partial charge is 0.419 e. The van der Waals surface area contributed by atoms with E-state index in [0.29, 0.717) is 17.3 Å². The summed E-state index contributed by atoms with van der Waals surface area (Å²) in [5.41, 5.74) is -0.521. The minimum Gasteiger partial charge on any atom is -0.481 e. The number of hydrogen-bond acceptors (Lipinski definition) is 5. The van der Waals surface area contributed by atoms with E-state index in [4.69, 9.17) is 5.11 Å². The van der Waals surface area contributed by atoms with E-state index in [-0.39, 0.29) is 19.3 Å². The standard InChI is InChI=1S/C16H15F3N2O4S/c1-26(24,25)15-20-9-12(16(17,18)19)13(21-15)7-6-10-4-2-3-5-11(10)8-14(22)23/h2-5,9H,6-8H2,1H3,(H,22,23). The average molecular weight is 388 g/mol. The van der Waals surface area contributed by atoms with Gasteiger partial charge in [-0.05, 0) is 24.0 Å². The number of aryl methyl sites for hydroxylation is 2. The van der Waals surface area contributed by atoms with Gasteiger partial charge in [0.25, 0.3) is 0 Å². The number of hydrogen-bond donors (Lipinski definition) is 1. The highest BCUT2D eigenvalue weighted by Crippen LogP contribution is 2.31. The molecule has 0 atom stereocenters. The van der Waals surface area contributed by atoms with Gasteiger partial charge in [0.2, 0.25) is 15.0 Å². The molecule has 0 saturated heterocycles. The molecule has 0 unspecified atom stereocenters. The Balaban J connectivity index is 2.38. The van der Waals surface area contributed by atoms with Crippen LogP contribution in [0.2, 0.25) is 0 Å². The Bertz CT molecular complexity index is 927. The second-order valence-corrected chi connectivity index (χ2v) is 7.53. The second-order valence-electron chi connectivity index (χ2n) is 5.62. The van der Waals surface area contributed by atoms with Crippen LogP contribution in [0.5, 0.6) is 0 Å². The Hall–Kier alpha value is -2.49. The normalized spacial score (nSPS) is 12.2. The second kappa shape index (κ2) is 7.40. The summed E-state index contributed by atoms with van der Waals surface area (Å²) in [6, 6.07) is 6.48. The zero-order valence-electron chi connectivity index (χ0n) is 13.6. The molecule has 0 aliphatic rings. The molecule has 6 nitrogen and oxygen atoms in total. The van der Waals surface area contributed by atoms with Crippen LogP contribution in [0.25, 0.3) is 0 Å². The zero-order chi connectivity index (χ0) is 19.5. The van der Waals surface area contributed by atoms with Crippen molar-refractivity contribution >= 4 is 15.8 Å². The summed E-state index contributed by atoms with van der Waals surface area (Å²) in [5.74, 6) is -1.06. The molecule has 1 heterocycles. The van der Waals surface area contributed by atoms with E-state index in [0.717, 1.165) is 6.26 Å². The van der Waals surface area contributed by atoms with Gasteiger partial charge < -0.3 is 5.11 Å². The van der Waals surface area contributed by atoms with Crippen LogP contribution in [0, 0.1) is 0 Å². The first-order chi connectivity index (χ1) is 12.0. The summed E-state index contributed by atoms with van der Waals surface area (Å²) in [6.45, 7) is 0. The lowest BCUT2D eigenvalue weighted by Crippen LogP contribution is -2.16. The van der Waals surface area contributed by atoms with Crippen LogP contribution in [0.3, 0.4) is 0 Å². The first-order valence-corrected chi connectivity index (χ1v) is 9.29. The molecule has 2 rings (SSSR count). The molecule has 0 amide bonds. The molecule has 0 bridgehead atoms. The van der Waals surface area contributed by atoms with E-state index < -0.39 is 38.4 Å². The number of sulfone groups is 1. The summed E-state index contributed by atoms with van der Waals surface area (Å²) in [5, 5.41) is 8.24. The lowest BCUT2D eigenvalue weighted by atomic mass is 9.98. The van der Waals surface area contributed by atoms with E-state index in [2.05, 4.69) is 9.97 Å². The van der Waals surface area contributed by atoms with Crippen molar-refractivity contribution in [2.45, 2.75) is 30.6 Å². The van der Waals surface area contributed by atoms with Crippen LogP contribution in [0.4, 0.5) is 13.2 Å². The van der Waals surface area contributed by atoms with Crippen molar-refractivity contribution < 1.29 is 31.5 Å². The van der Waals surface area contributed by atoms with Gasteiger partial charge in [-0.3, -0.25) is 4.79 Å². The number of benzene rings is 1. The monoisotopic (exact) mass is 388 g/mol. The number of carboxylic acid groups (broad SMARTS) is 1. The van der Waals surface area contributed by atoms with Crippen molar-refractivity contribution in [3.8, 4) is 0 Å². The Morgan fingerprint density at radius 2 is 1.77 bits per heavy atom. The largest absolute Gasteiger partial charge is 0.481 e. The highest BCUT2D eigenvalue weighted by atomic mass is 32.2. The average Bonchev–Trinajstić information content (AvgIpc) is 2.51. The minimum absolute atomic E-state index is 0.0761. The van der Waals surface area contributed by atoms with Gasteiger partial charge in [-0.15, -0.1) is 0 Å². The third kappa shape index (κ3) is 5.01. The quantitative estimate of drug-likeness (QED) is 0.763. The van der Waals surface area contributed by atoms with Crippen molar-refractivity contribution in [3.05, 3.63) is 52.8 Å². The molecule has 2 aromatic rings. The first-order valence-electron chi connectivity index (χ1n) is 7.40. The maximum atomic E-state index is 13.1. The third-order valence-corrected chi connectivity index (χ3v) is 4.43. The number of carbonyl (C=O) groups is 1.